The van der Waals surface area contributed by atoms with Gasteiger partial charge in [0.05, 0.1) is 16.6 Å². The number of H-pyrrole nitrogens is 1. The Morgan fingerprint density at radius 3 is 2.80 bits per heavy atom. The lowest BCUT2D eigenvalue weighted by molar-refractivity contribution is -0.121. The molecule has 0 aliphatic heterocycles. The summed E-state index contributed by atoms with van der Waals surface area (Å²) in [6, 6.07) is 4.30. The first-order chi connectivity index (χ1) is 9.52. The number of hydrogen-bond acceptors (Lipinski definition) is 3. The average Bonchev–Trinajstić information content (AvgIpc) is 2.72. The van der Waals surface area contributed by atoms with Crippen LogP contribution in [0.5, 0.6) is 0 Å². The van der Waals surface area contributed by atoms with Crippen molar-refractivity contribution in [2.75, 3.05) is 6.54 Å². The van der Waals surface area contributed by atoms with Crippen molar-refractivity contribution in [3.05, 3.63) is 34.2 Å². The van der Waals surface area contributed by atoms with Crippen LogP contribution in [0.4, 0.5) is 0 Å². The van der Waals surface area contributed by atoms with Crippen LogP contribution in [-0.2, 0) is 11.3 Å². The molecule has 1 aromatic heterocycles. The number of rotatable bonds is 5. The quantitative estimate of drug-likeness (QED) is 0.742. The number of carbonyl (C=O) groups is 2. The summed E-state index contributed by atoms with van der Waals surface area (Å²) < 4.78 is 1.23. The summed E-state index contributed by atoms with van der Waals surface area (Å²) in [7, 11) is 0. The lowest BCUT2D eigenvalue weighted by Gasteiger charge is -2.05. The van der Waals surface area contributed by atoms with Gasteiger partial charge in [0.15, 0.2) is 0 Å². The SMILES string of the molecule is CCCNC(=O)Cn1c(=O)[nH]c2ccc(C(=O)O)cc21. The van der Waals surface area contributed by atoms with Gasteiger partial charge in [0.2, 0.25) is 5.91 Å². The number of nitrogens with one attached hydrogen (secondary N) is 2. The van der Waals surface area contributed by atoms with Crippen LogP contribution < -0.4 is 11.0 Å². The van der Waals surface area contributed by atoms with Crippen molar-refractivity contribution in [2.24, 2.45) is 0 Å². The maximum absolute atomic E-state index is 11.8. The first-order valence-corrected chi connectivity index (χ1v) is 6.25. The molecule has 2 rings (SSSR count). The number of aromatic amines is 1. The molecule has 0 bridgehead atoms. The van der Waals surface area contributed by atoms with Crippen LogP contribution in [0.25, 0.3) is 11.0 Å². The highest BCUT2D eigenvalue weighted by Crippen LogP contribution is 2.13. The second-order valence-corrected chi connectivity index (χ2v) is 4.40. The second-order valence-electron chi connectivity index (χ2n) is 4.40. The zero-order valence-electron chi connectivity index (χ0n) is 11.0. The zero-order valence-corrected chi connectivity index (χ0v) is 11.0. The van der Waals surface area contributed by atoms with Crippen molar-refractivity contribution in [2.45, 2.75) is 19.9 Å². The van der Waals surface area contributed by atoms with Crippen molar-refractivity contribution < 1.29 is 14.7 Å². The second kappa shape index (κ2) is 5.60. The van der Waals surface area contributed by atoms with Crippen molar-refractivity contribution in [3.8, 4) is 0 Å². The predicted octanol–water partition coefficient (Wildman–Crippen LogP) is 0.554. The van der Waals surface area contributed by atoms with E-state index in [9.17, 15) is 14.4 Å². The van der Waals surface area contributed by atoms with Crippen molar-refractivity contribution >= 4 is 22.9 Å². The molecule has 1 aromatic carbocycles. The molecule has 1 heterocycles. The number of carboxylic acid groups (broad SMARTS) is 1. The molecule has 0 spiro atoms. The molecule has 0 unspecified atom stereocenters. The molecule has 2 aromatic rings. The molecule has 7 heteroatoms. The Morgan fingerprint density at radius 2 is 2.15 bits per heavy atom. The Labute approximate surface area is 114 Å². The topological polar surface area (TPSA) is 104 Å². The highest BCUT2D eigenvalue weighted by Gasteiger charge is 2.12. The number of aromatic nitrogens is 2. The number of amides is 1. The minimum atomic E-state index is -1.08. The summed E-state index contributed by atoms with van der Waals surface area (Å²) in [6.07, 6.45) is 0.803. The first kappa shape index (κ1) is 13.9. The van der Waals surface area contributed by atoms with Crippen LogP contribution >= 0.6 is 0 Å². The summed E-state index contributed by atoms with van der Waals surface area (Å²) in [5, 5.41) is 11.6. The van der Waals surface area contributed by atoms with Crippen LogP contribution in [0.15, 0.2) is 23.0 Å². The van der Waals surface area contributed by atoms with E-state index >= 15 is 0 Å². The highest BCUT2D eigenvalue weighted by molar-refractivity contribution is 5.92. The van der Waals surface area contributed by atoms with E-state index in [2.05, 4.69) is 10.3 Å². The smallest absolute Gasteiger partial charge is 0.335 e. The van der Waals surface area contributed by atoms with Gasteiger partial charge in [0.25, 0.3) is 0 Å². The van der Waals surface area contributed by atoms with Gasteiger partial charge < -0.3 is 15.4 Å². The number of nitrogens with zero attached hydrogens (tertiary/aromatic N) is 1. The van der Waals surface area contributed by atoms with Gasteiger partial charge >= 0.3 is 11.7 Å². The van der Waals surface area contributed by atoms with E-state index < -0.39 is 11.7 Å². The van der Waals surface area contributed by atoms with E-state index in [-0.39, 0.29) is 18.0 Å². The molecule has 0 aliphatic rings. The molecular weight excluding hydrogens is 262 g/mol. The third-order valence-electron chi connectivity index (χ3n) is 2.90. The zero-order chi connectivity index (χ0) is 14.7. The monoisotopic (exact) mass is 277 g/mol. The van der Waals surface area contributed by atoms with Crippen LogP contribution in [0.3, 0.4) is 0 Å². The van der Waals surface area contributed by atoms with Gasteiger partial charge in [0.1, 0.15) is 6.54 Å². The highest BCUT2D eigenvalue weighted by atomic mass is 16.4. The Kier molecular flexibility index (Phi) is 3.88. The number of aromatic carboxylic acids is 1. The summed E-state index contributed by atoms with van der Waals surface area (Å²) in [4.78, 5) is 37.0. The molecule has 106 valence electrons. The first-order valence-electron chi connectivity index (χ1n) is 6.25. The summed E-state index contributed by atoms with van der Waals surface area (Å²) in [5.74, 6) is -1.36. The van der Waals surface area contributed by atoms with Gasteiger partial charge in [-0.15, -0.1) is 0 Å². The summed E-state index contributed by atoms with van der Waals surface area (Å²) in [5.41, 5.74) is 0.540. The maximum Gasteiger partial charge on any atom is 0.335 e. The van der Waals surface area contributed by atoms with Crippen molar-refractivity contribution in [1.82, 2.24) is 14.9 Å². The van der Waals surface area contributed by atoms with E-state index in [1.165, 1.54) is 22.8 Å². The lowest BCUT2D eigenvalue weighted by Crippen LogP contribution is -2.31. The molecule has 7 nitrogen and oxygen atoms in total. The molecule has 1 amide bonds. The lowest BCUT2D eigenvalue weighted by atomic mass is 10.2. The van der Waals surface area contributed by atoms with E-state index in [1.807, 2.05) is 6.92 Å². The molecule has 20 heavy (non-hydrogen) atoms. The van der Waals surface area contributed by atoms with Crippen molar-refractivity contribution in [1.29, 1.82) is 0 Å². The normalized spacial score (nSPS) is 10.7. The standard InChI is InChI=1S/C13H15N3O4/c1-2-5-14-11(17)7-16-10-6-8(12(18)19)3-4-9(10)15-13(16)20/h3-4,6H,2,5,7H2,1H3,(H,14,17)(H,15,20)(H,18,19). The summed E-state index contributed by atoms with van der Waals surface area (Å²) >= 11 is 0. The van der Waals surface area contributed by atoms with E-state index in [4.69, 9.17) is 5.11 Å². The summed E-state index contributed by atoms with van der Waals surface area (Å²) in [6.45, 7) is 2.33. The van der Waals surface area contributed by atoms with Gasteiger partial charge in [-0.25, -0.2) is 9.59 Å². The van der Waals surface area contributed by atoms with Gasteiger partial charge in [-0.1, -0.05) is 6.92 Å². The number of benzene rings is 1. The molecule has 0 saturated carbocycles. The minimum Gasteiger partial charge on any atom is -0.478 e. The van der Waals surface area contributed by atoms with E-state index in [0.717, 1.165) is 6.42 Å². The van der Waals surface area contributed by atoms with Gasteiger partial charge in [0, 0.05) is 6.54 Å². The van der Waals surface area contributed by atoms with Crippen molar-refractivity contribution in [3.63, 3.8) is 0 Å². The molecule has 0 atom stereocenters. The van der Waals surface area contributed by atoms with Gasteiger partial charge in [-0.3, -0.25) is 9.36 Å². The number of fused-ring (bicyclic) bond motifs is 1. The third kappa shape index (κ3) is 2.71. The largest absolute Gasteiger partial charge is 0.478 e. The maximum atomic E-state index is 11.8. The van der Waals surface area contributed by atoms with E-state index in [1.54, 1.807) is 0 Å². The number of carbonyl (C=O) groups excluding carboxylic acids is 1. The Hall–Kier alpha value is -2.57. The van der Waals surface area contributed by atoms with Crippen LogP contribution in [0.2, 0.25) is 0 Å². The number of imidazole rings is 1. The fraction of sp³-hybridized carbons (Fsp3) is 0.308. The molecule has 3 N–H and O–H groups in total. The van der Waals surface area contributed by atoms with Gasteiger partial charge in [-0.05, 0) is 24.6 Å². The van der Waals surface area contributed by atoms with E-state index in [0.29, 0.717) is 17.6 Å². The van der Waals surface area contributed by atoms with Crippen LogP contribution in [0, 0.1) is 0 Å². The predicted molar refractivity (Wildman–Crippen MR) is 72.8 cm³/mol. The van der Waals surface area contributed by atoms with Crippen LogP contribution in [0.1, 0.15) is 23.7 Å². The molecule has 0 aliphatic carbocycles. The number of carboxylic acids is 1. The third-order valence-corrected chi connectivity index (χ3v) is 2.90. The molecular formula is C13H15N3O4. The molecule has 0 saturated heterocycles. The molecule has 0 fully saturated rings. The fourth-order valence-electron chi connectivity index (χ4n) is 1.91. The fourth-order valence-corrected chi connectivity index (χ4v) is 1.91. The Morgan fingerprint density at radius 1 is 1.40 bits per heavy atom. The number of hydrogen-bond donors (Lipinski definition) is 3. The Balaban J connectivity index is 2.38. The van der Waals surface area contributed by atoms with Crippen LogP contribution in [-0.4, -0.2) is 33.1 Å². The average molecular weight is 277 g/mol. The Bertz CT molecular complexity index is 714. The minimum absolute atomic E-state index is 0.0687. The molecule has 0 radical (unpaired) electrons. The van der Waals surface area contributed by atoms with Gasteiger partial charge in [-0.2, -0.15) is 0 Å².